The topological polar surface area (TPSA) is 51.0 Å². The Morgan fingerprint density at radius 3 is 2.67 bits per heavy atom. The first-order valence-corrected chi connectivity index (χ1v) is 6.29. The summed E-state index contributed by atoms with van der Waals surface area (Å²) in [5, 5.41) is 11.8. The number of nitrogens with one attached hydrogen (secondary N) is 1. The van der Waals surface area contributed by atoms with E-state index in [2.05, 4.69) is 29.4 Å². The highest BCUT2D eigenvalue weighted by Crippen LogP contribution is 2.40. The fourth-order valence-electron chi connectivity index (χ4n) is 2.43. The van der Waals surface area contributed by atoms with Gasteiger partial charge in [-0.2, -0.15) is 0 Å². The lowest BCUT2D eigenvalue weighted by Crippen LogP contribution is -2.23. The minimum Gasteiger partial charge on any atom is -0.419 e. The van der Waals surface area contributed by atoms with Gasteiger partial charge in [0.05, 0.1) is 6.04 Å². The van der Waals surface area contributed by atoms with Crippen LogP contribution in [0.4, 0.5) is 0 Å². The largest absolute Gasteiger partial charge is 0.419 e. The maximum Gasteiger partial charge on any atom is 0.247 e. The molecule has 0 aliphatic carbocycles. The average Bonchev–Trinajstić information content (AvgIpc) is 2.96. The lowest BCUT2D eigenvalue weighted by atomic mass is 9.85. The zero-order valence-electron chi connectivity index (χ0n) is 10.7. The molecular formula is C14H17N3O. The summed E-state index contributed by atoms with van der Waals surface area (Å²) in [6.45, 7) is 5.45. The summed E-state index contributed by atoms with van der Waals surface area (Å²) < 4.78 is 5.80. The predicted molar refractivity (Wildman–Crippen MR) is 68.9 cm³/mol. The quantitative estimate of drug-likeness (QED) is 0.881. The maximum absolute atomic E-state index is 5.80. The van der Waals surface area contributed by atoms with Gasteiger partial charge in [-0.3, -0.25) is 0 Å². The van der Waals surface area contributed by atoms with Crippen molar-refractivity contribution in [2.45, 2.75) is 26.3 Å². The molecule has 4 heteroatoms. The van der Waals surface area contributed by atoms with E-state index in [9.17, 15) is 0 Å². The second kappa shape index (κ2) is 4.21. The molecule has 1 aromatic carbocycles. The highest BCUT2D eigenvalue weighted by Gasteiger charge is 2.38. The van der Waals surface area contributed by atoms with Crippen molar-refractivity contribution in [3.05, 3.63) is 36.2 Å². The standard InChI is InChI=1S/C14H17N3O/c1-14(2)8-9-15-11(14)13-17-16-12(18-13)10-6-4-3-5-7-10/h3-7,11,15H,8-9H2,1-2H3. The highest BCUT2D eigenvalue weighted by atomic mass is 16.4. The fraction of sp³-hybridized carbons (Fsp3) is 0.429. The number of rotatable bonds is 2. The minimum absolute atomic E-state index is 0.155. The van der Waals surface area contributed by atoms with Crippen LogP contribution >= 0.6 is 0 Å². The molecule has 0 spiro atoms. The van der Waals surface area contributed by atoms with Crippen LogP contribution in [0.15, 0.2) is 34.7 Å². The Labute approximate surface area is 106 Å². The second-order valence-electron chi connectivity index (χ2n) is 5.44. The molecule has 4 nitrogen and oxygen atoms in total. The van der Waals surface area contributed by atoms with E-state index in [1.165, 1.54) is 0 Å². The summed E-state index contributed by atoms with van der Waals surface area (Å²) in [6.07, 6.45) is 1.13. The van der Waals surface area contributed by atoms with Crippen LogP contribution in [0.25, 0.3) is 11.5 Å². The molecule has 1 N–H and O–H groups in total. The predicted octanol–water partition coefficient (Wildman–Crippen LogP) is 2.80. The van der Waals surface area contributed by atoms with Crippen LogP contribution in [0.3, 0.4) is 0 Å². The van der Waals surface area contributed by atoms with Crippen molar-refractivity contribution < 1.29 is 4.42 Å². The zero-order chi connectivity index (χ0) is 12.6. The Balaban J connectivity index is 1.91. The van der Waals surface area contributed by atoms with Crippen LogP contribution in [0.2, 0.25) is 0 Å². The van der Waals surface area contributed by atoms with Gasteiger partial charge >= 0.3 is 0 Å². The fourth-order valence-corrected chi connectivity index (χ4v) is 2.43. The molecule has 94 valence electrons. The minimum atomic E-state index is 0.155. The lowest BCUT2D eigenvalue weighted by molar-refractivity contribution is 0.273. The molecule has 1 aliphatic heterocycles. The monoisotopic (exact) mass is 243 g/mol. The number of benzene rings is 1. The molecule has 0 saturated carbocycles. The molecule has 2 aromatic rings. The third kappa shape index (κ3) is 1.93. The van der Waals surface area contributed by atoms with Crippen LogP contribution in [0, 0.1) is 5.41 Å². The first kappa shape index (κ1) is 11.4. The molecular weight excluding hydrogens is 226 g/mol. The molecule has 0 radical (unpaired) electrons. The van der Waals surface area contributed by atoms with Crippen LogP contribution in [0.5, 0.6) is 0 Å². The van der Waals surface area contributed by atoms with Crippen LogP contribution < -0.4 is 5.32 Å². The maximum atomic E-state index is 5.80. The van der Waals surface area contributed by atoms with Gasteiger partial charge in [0.1, 0.15) is 0 Å². The summed E-state index contributed by atoms with van der Waals surface area (Å²) in [6, 6.07) is 10.0. The van der Waals surface area contributed by atoms with Gasteiger partial charge in [-0.05, 0) is 30.5 Å². The van der Waals surface area contributed by atoms with E-state index in [1.54, 1.807) is 0 Å². The molecule has 0 amide bonds. The molecule has 2 heterocycles. The van der Waals surface area contributed by atoms with E-state index in [0.29, 0.717) is 11.8 Å². The Bertz CT molecular complexity index is 533. The van der Waals surface area contributed by atoms with E-state index in [0.717, 1.165) is 18.5 Å². The summed E-state index contributed by atoms with van der Waals surface area (Å²) in [5.74, 6) is 1.28. The SMILES string of the molecule is CC1(C)CCNC1c1nnc(-c2ccccc2)o1. The van der Waals surface area contributed by atoms with Crippen LogP contribution in [0.1, 0.15) is 32.2 Å². The summed E-state index contributed by atoms with van der Waals surface area (Å²) >= 11 is 0. The van der Waals surface area contributed by atoms with E-state index >= 15 is 0 Å². The van der Waals surface area contributed by atoms with Crippen LogP contribution in [-0.2, 0) is 0 Å². The van der Waals surface area contributed by atoms with Crippen molar-refractivity contribution in [2.24, 2.45) is 5.41 Å². The number of aromatic nitrogens is 2. The summed E-state index contributed by atoms with van der Waals surface area (Å²) in [5.41, 5.74) is 1.13. The van der Waals surface area contributed by atoms with Gasteiger partial charge in [0.25, 0.3) is 0 Å². The Morgan fingerprint density at radius 2 is 2.00 bits per heavy atom. The number of nitrogens with zero attached hydrogens (tertiary/aromatic N) is 2. The Hall–Kier alpha value is -1.68. The molecule has 1 atom stereocenters. The lowest BCUT2D eigenvalue weighted by Gasteiger charge is -2.22. The molecule has 18 heavy (non-hydrogen) atoms. The van der Waals surface area contributed by atoms with Gasteiger partial charge in [0.15, 0.2) is 0 Å². The van der Waals surface area contributed by atoms with Crippen molar-refractivity contribution in [1.82, 2.24) is 15.5 Å². The molecule has 0 bridgehead atoms. The first-order chi connectivity index (χ1) is 8.67. The van der Waals surface area contributed by atoms with Gasteiger partial charge in [-0.25, -0.2) is 0 Å². The molecule has 1 aliphatic rings. The number of hydrogen-bond donors (Lipinski definition) is 1. The van der Waals surface area contributed by atoms with Gasteiger partial charge < -0.3 is 9.73 Å². The van der Waals surface area contributed by atoms with Crippen LogP contribution in [-0.4, -0.2) is 16.7 Å². The van der Waals surface area contributed by atoms with E-state index in [1.807, 2.05) is 30.3 Å². The highest BCUT2D eigenvalue weighted by molar-refractivity contribution is 5.51. The van der Waals surface area contributed by atoms with E-state index in [4.69, 9.17) is 4.42 Å². The summed E-state index contributed by atoms with van der Waals surface area (Å²) in [7, 11) is 0. The van der Waals surface area contributed by atoms with Gasteiger partial charge in [0, 0.05) is 5.56 Å². The van der Waals surface area contributed by atoms with Crippen molar-refractivity contribution in [1.29, 1.82) is 0 Å². The molecule has 1 fully saturated rings. The van der Waals surface area contributed by atoms with E-state index in [-0.39, 0.29) is 11.5 Å². The van der Waals surface area contributed by atoms with Gasteiger partial charge in [-0.1, -0.05) is 32.0 Å². The van der Waals surface area contributed by atoms with Crippen molar-refractivity contribution in [3.63, 3.8) is 0 Å². The second-order valence-corrected chi connectivity index (χ2v) is 5.44. The molecule has 1 unspecified atom stereocenters. The van der Waals surface area contributed by atoms with Crippen molar-refractivity contribution in [2.75, 3.05) is 6.54 Å². The van der Waals surface area contributed by atoms with Gasteiger partial charge in [-0.15, -0.1) is 10.2 Å². The summed E-state index contributed by atoms with van der Waals surface area (Å²) in [4.78, 5) is 0. The Morgan fingerprint density at radius 1 is 1.22 bits per heavy atom. The average molecular weight is 243 g/mol. The van der Waals surface area contributed by atoms with E-state index < -0.39 is 0 Å². The molecule has 1 aromatic heterocycles. The van der Waals surface area contributed by atoms with Crippen molar-refractivity contribution >= 4 is 0 Å². The normalized spacial score (nSPS) is 22.2. The molecule has 3 rings (SSSR count). The smallest absolute Gasteiger partial charge is 0.247 e. The third-order valence-electron chi connectivity index (χ3n) is 3.61. The van der Waals surface area contributed by atoms with Gasteiger partial charge in [0.2, 0.25) is 11.8 Å². The number of hydrogen-bond acceptors (Lipinski definition) is 4. The molecule has 1 saturated heterocycles. The Kier molecular flexibility index (Phi) is 2.67. The first-order valence-electron chi connectivity index (χ1n) is 6.29. The van der Waals surface area contributed by atoms with Crippen molar-refractivity contribution in [3.8, 4) is 11.5 Å². The zero-order valence-corrected chi connectivity index (χ0v) is 10.7. The third-order valence-corrected chi connectivity index (χ3v) is 3.61.